The van der Waals surface area contributed by atoms with Crippen LogP contribution in [-0.2, 0) is 9.47 Å². The van der Waals surface area contributed by atoms with Crippen molar-refractivity contribution in [3.63, 3.8) is 0 Å². The molecular formula is C22H32N8O2. The van der Waals surface area contributed by atoms with E-state index in [1.165, 1.54) is 0 Å². The highest BCUT2D eigenvalue weighted by molar-refractivity contribution is 6.04. The SMILES string of the molecule is CCOCCNc1c(Nc2cc(C)ccn2)nc(N2C[C@@H]3C[C@H]2CN3)nc1C(=N)COC. The van der Waals surface area contributed by atoms with Gasteiger partial charge in [0.2, 0.25) is 5.95 Å². The first-order valence-electron chi connectivity index (χ1n) is 11.1. The number of hydrogen-bond acceptors (Lipinski definition) is 10. The number of anilines is 4. The molecule has 2 atom stereocenters. The molecule has 2 aromatic rings. The fraction of sp³-hybridized carbons (Fsp3) is 0.545. The molecule has 0 radical (unpaired) electrons. The van der Waals surface area contributed by atoms with Crippen LogP contribution in [0.15, 0.2) is 18.3 Å². The molecule has 4 rings (SSSR count). The Kier molecular flexibility index (Phi) is 7.13. The van der Waals surface area contributed by atoms with Gasteiger partial charge in [-0.1, -0.05) is 0 Å². The number of methoxy groups -OCH3 is 1. The van der Waals surface area contributed by atoms with Crippen LogP contribution in [0.2, 0.25) is 0 Å². The number of rotatable bonds is 11. The standard InChI is InChI=1S/C22H32N8O2/c1-4-32-8-7-25-20-19(17(23)13-31-3)28-22(30-12-15-10-16(30)11-26-15)29-21(20)27-18-9-14(2)5-6-24-18/h5-6,9,15-16,23,25-26H,4,7-8,10-13H2,1-3H3,(H,24,27,28,29)/t15-,16-/m0/s1. The molecule has 10 heteroatoms. The number of hydrogen-bond donors (Lipinski definition) is 4. The zero-order chi connectivity index (χ0) is 22.5. The van der Waals surface area contributed by atoms with E-state index in [1.807, 2.05) is 26.0 Å². The zero-order valence-corrected chi connectivity index (χ0v) is 18.9. The van der Waals surface area contributed by atoms with Crippen molar-refractivity contribution in [3.8, 4) is 0 Å². The Bertz CT molecular complexity index is 954. The first kappa shape index (κ1) is 22.4. The molecule has 32 heavy (non-hydrogen) atoms. The van der Waals surface area contributed by atoms with Gasteiger partial charge in [-0.15, -0.1) is 0 Å². The largest absolute Gasteiger partial charge is 0.380 e. The predicted molar refractivity (Wildman–Crippen MR) is 126 cm³/mol. The maximum atomic E-state index is 8.61. The summed E-state index contributed by atoms with van der Waals surface area (Å²) in [5.74, 6) is 1.91. The average Bonchev–Trinajstić information content (AvgIpc) is 3.41. The molecule has 2 bridgehead atoms. The Morgan fingerprint density at radius 3 is 2.94 bits per heavy atom. The molecule has 0 aliphatic carbocycles. The molecule has 2 saturated heterocycles. The Labute approximate surface area is 188 Å². The molecule has 4 N–H and O–H groups in total. The van der Waals surface area contributed by atoms with Gasteiger partial charge >= 0.3 is 0 Å². The van der Waals surface area contributed by atoms with E-state index in [0.29, 0.717) is 60.8 Å². The smallest absolute Gasteiger partial charge is 0.228 e. The summed E-state index contributed by atoms with van der Waals surface area (Å²) in [5.41, 5.74) is 2.57. The Hall–Kier alpha value is -2.82. The fourth-order valence-electron chi connectivity index (χ4n) is 4.19. The van der Waals surface area contributed by atoms with E-state index >= 15 is 0 Å². The normalized spacial score (nSPS) is 19.4. The van der Waals surface area contributed by atoms with E-state index in [9.17, 15) is 0 Å². The van der Waals surface area contributed by atoms with Crippen molar-refractivity contribution in [1.29, 1.82) is 5.41 Å². The highest BCUT2D eigenvalue weighted by Gasteiger charge is 2.39. The lowest BCUT2D eigenvalue weighted by molar-refractivity contribution is 0.158. The van der Waals surface area contributed by atoms with Crippen molar-refractivity contribution >= 4 is 29.0 Å². The van der Waals surface area contributed by atoms with Crippen LogP contribution in [0.1, 0.15) is 24.6 Å². The van der Waals surface area contributed by atoms with Gasteiger partial charge in [0.05, 0.1) is 18.9 Å². The number of piperazine rings is 1. The van der Waals surface area contributed by atoms with Gasteiger partial charge in [-0.25, -0.2) is 9.97 Å². The third-order valence-electron chi connectivity index (χ3n) is 5.70. The third kappa shape index (κ3) is 4.98. The molecule has 2 fully saturated rings. The van der Waals surface area contributed by atoms with Crippen molar-refractivity contribution in [2.24, 2.45) is 0 Å². The summed E-state index contributed by atoms with van der Waals surface area (Å²) in [5, 5.41) is 18.9. The van der Waals surface area contributed by atoms with Gasteiger partial charge in [0.15, 0.2) is 5.82 Å². The van der Waals surface area contributed by atoms with Crippen LogP contribution in [0.25, 0.3) is 0 Å². The molecule has 2 aliphatic rings. The summed E-state index contributed by atoms with van der Waals surface area (Å²) in [7, 11) is 1.58. The molecule has 4 heterocycles. The van der Waals surface area contributed by atoms with Crippen molar-refractivity contribution in [2.75, 3.05) is 62.1 Å². The van der Waals surface area contributed by atoms with Crippen LogP contribution >= 0.6 is 0 Å². The van der Waals surface area contributed by atoms with E-state index in [4.69, 9.17) is 24.9 Å². The topological polar surface area (TPSA) is 120 Å². The maximum absolute atomic E-state index is 8.61. The predicted octanol–water partition coefficient (Wildman–Crippen LogP) is 1.94. The van der Waals surface area contributed by atoms with E-state index in [1.54, 1.807) is 13.3 Å². The minimum atomic E-state index is 0.159. The summed E-state index contributed by atoms with van der Waals surface area (Å²) < 4.78 is 10.7. The number of aryl methyl sites for hydroxylation is 1. The first-order valence-corrected chi connectivity index (χ1v) is 11.1. The quantitative estimate of drug-likeness (QED) is 0.307. The second-order valence-electron chi connectivity index (χ2n) is 8.12. The van der Waals surface area contributed by atoms with Crippen LogP contribution < -0.4 is 20.9 Å². The van der Waals surface area contributed by atoms with Crippen molar-refractivity contribution in [3.05, 3.63) is 29.6 Å². The minimum Gasteiger partial charge on any atom is -0.380 e. The highest BCUT2D eigenvalue weighted by atomic mass is 16.5. The number of fused-ring (bicyclic) bond motifs is 2. The van der Waals surface area contributed by atoms with Gasteiger partial charge in [0.1, 0.15) is 17.2 Å². The van der Waals surface area contributed by atoms with Crippen LogP contribution in [-0.4, -0.2) is 79.3 Å². The minimum absolute atomic E-state index is 0.159. The van der Waals surface area contributed by atoms with Gasteiger partial charge < -0.3 is 35.7 Å². The molecule has 0 spiro atoms. The Balaban J connectivity index is 1.73. The van der Waals surface area contributed by atoms with Gasteiger partial charge in [-0.2, -0.15) is 4.98 Å². The van der Waals surface area contributed by atoms with Gasteiger partial charge in [0.25, 0.3) is 0 Å². The van der Waals surface area contributed by atoms with Crippen molar-refractivity contribution in [1.82, 2.24) is 20.3 Å². The average molecular weight is 441 g/mol. The molecular weight excluding hydrogens is 408 g/mol. The van der Waals surface area contributed by atoms with Gasteiger partial charge in [-0.3, -0.25) is 0 Å². The van der Waals surface area contributed by atoms with Crippen LogP contribution in [0.5, 0.6) is 0 Å². The van der Waals surface area contributed by atoms with Crippen molar-refractivity contribution < 1.29 is 9.47 Å². The summed E-state index contributed by atoms with van der Waals surface area (Å²) in [6.07, 6.45) is 2.85. The second kappa shape index (κ2) is 10.2. The molecule has 0 aromatic carbocycles. The van der Waals surface area contributed by atoms with Crippen LogP contribution in [0.3, 0.4) is 0 Å². The van der Waals surface area contributed by atoms with E-state index in [-0.39, 0.29) is 12.3 Å². The van der Waals surface area contributed by atoms with Crippen LogP contribution in [0.4, 0.5) is 23.3 Å². The molecule has 0 unspecified atom stereocenters. The summed E-state index contributed by atoms with van der Waals surface area (Å²) >= 11 is 0. The molecule has 0 amide bonds. The molecule has 10 nitrogen and oxygen atoms in total. The van der Waals surface area contributed by atoms with Gasteiger partial charge in [0, 0.05) is 51.6 Å². The maximum Gasteiger partial charge on any atom is 0.228 e. The van der Waals surface area contributed by atoms with Crippen molar-refractivity contribution in [2.45, 2.75) is 32.4 Å². The third-order valence-corrected chi connectivity index (χ3v) is 5.70. The highest BCUT2D eigenvalue weighted by Crippen LogP contribution is 2.33. The van der Waals surface area contributed by atoms with Crippen LogP contribution in [0, 0.1) is 12.3 Å². The Morgan fingerprint density at radius 2 is 2.25 bits per heavy atom. The number of nitrogens with zero attached hydrogens (tertiary/aromatic N) is 4. The van der Waals surface area contributed by atoms with Gasteiger partial charge in [-0.05, 0) is 38.0 Å². The lowest BCUT2D eigenvalue weighted by Gasteiger charge is -2.29. The monoisotopic (exact) mass is 440 g/mol. The number of nitrogens with one attached hydrogen (secondary N) is 4. The fourth-order valence-corrected chi connectivity index (χ4v) is 4.19. The number of pyridine rings is 1. The number of aromatic nitrogens is 3. The first-order chi connectivity index (χ1) is 15.6. The number of ether oxygens (including phenoxy) is 2. The summed E-state index contributed by atoms with van der Waals surface area (Å²) in [6.45, 7) is 7.69. The Morgan fingerprint density at radius 1 is 1.38 bits per heavy atom. The molecule has 172 valence electrons. The molecule has 2 aliphatic heterocycles. The van der Waals surface area contributed by atoms with E-state index in [2.05, 4.69) is 25.8 Å². The summed E-state index contributed by atoms with van der Waals surface area (Å²) in [4.78, 5) is 16.4. The lowest BCUT2D eigenvalue weighted by atomic mass is 10.2. The van der Waals surface area contributed by atoms with E-state index in [0.717, 1.165) is 25.1 Å². The zero-order valence-electron chi connectivity index (χ0n) is 18.9. The second-order valence-corrected chi connectivity index (χ2v) is 8.12. The van der Waals surface area contributed by atoms with E-state index < -0.39 is 0 Å². The summed E-state index contributed by atoms with van der Waals surface area (Å²) in [6, 6.07) is 4.74. The lowest BCUT2D eigenvalue weighted by Crippen LogP contribution is -2.44. The molecule has 2 aromatic heterocycles. The molecule has 0 saturated carbocycles.